The molecule has 2 saturated heterocycles. The Hall–Kier alpha value is -3.24. The van der Waals surface area contributed by atoms with E-state index >= 15 is 0 Å². The summed E-state index contributed by atoms with van der Waals surface area (Å²) < 4.78 is 1.76. The Morgan fingerprint density at radius 1 is 0.973 bits per heavy atom. The first-order valence-electron chi connectivity index (χ1n) is 13.7. The van der Waals surface area contributed by atoms with Crippen LogP contribution in [0, 0.1) is 0 Å². The lowest BCUT2D eigenvalue weighted by atomic mass is 10.0. The fourth-order valence-corrected chi connectivity index (χ4v) is 5.09. The zero-order valence-electron chi connectivity index (χ0n) is 21.6. The number of nitrogens with one attached hydrogen (secondary N) is 2. The summed E-state index contributed by atoms with van der Waals surface area (Å²) >= 11 is 0. The van der Waals surface area contributed by atoms with Crippen LogP contribution in [0.15, 0.2) is 42.6 Å². The van der Waals surface area contributed by atoms with Crippen molar-refractivity contribution in [2.24, 2.45) is 0 Å². The van der Waals surface area contributed by atoms with Crippen molar-refractivity contribution in [2.75, 3.05) is 48.3 Å². The van der Waals surface area contributed by atoms with Gasteiger partial charge >= 0.3 is 0 Å². The van der Waals surface area contributed by atoms with Gasteiger partial charge in [-0.25, -0.2) is 0 Å². The van der Waals surface area contributed by atoms with Crippen LogP contribution >= 0.6 is 0 Å². The average Bonchev–Trinajstić information content (AvgIpc) is 3.41. The van der Waals surface area contributed by atoms with Gasteiger partial charge in [0.05, 0.1) is 12.7 Å². The zero-order valence-corrected chi connectivity index (χ0v) is 21.6. The van der Waals surface area contributed by atoms with E-state index in [1.807, 2.05) is 6.20 Å². The lowest BCUT2D eigenvalue weighted by Gasteiger charge is -2.33. The van der Waals surface area contributed by atoms with E-state index in [1.165, 1.54) is 24.8 Å². The van der Waals surface area contributed by atoms with Gasteiger partial charge in [-0.15, -0.1) is 5.10 Å². The van der Waals surface area contributed by atoms with E-state index in [-0.39, 0.29) is 6.61 Å². The van der Waals surface area contributed by atoms with Crippen LogP contribution in [0.25, 0.3) is 0 Å². The van der Waals surface area contributed by atoms with E-state index in [2.05, 4.69) is 67.1 Å². The lowest BCUT2D eigenvalue weighted by Crippen LogP contribution is -2.39. The topological polar surface area (TPSA) is 107 Å². The van der Waals surface area contributed by atoms with Gasteiger partial charge in [0.1, 0.15) is 17.3 Å². The summed E-state index contributed by atoms with van der Waals surface area (Å²) in [5.41, 5.74) is 2.20. The molecule has 3 N–H and O–H groups in total. The molecule has 0 atom stereocenters. The summed E-state index contributed by atoms with van der Waals surface area (Å²) in [6.45, 7) is 6.54. The minimum atomic E-state index is 0.145. The smallest absolute Gasteiger partial charge is 0.226 e. The number of hydrogen-bond donors (Lipinski definition) is 3. The summed E-state index contributed by atoms with van der Waals surface area (Å²) in [5.74, 6) is 2.47. The number of anilines is 3. The molecule has 3 aromatic rings. The van der Waals surface area contributed by atoms with E-state index < -0.39 is 0 Å². The van der Waals surface area contributed by atoms with Crippen molar-refractivity contribution >= 4 is 17.6 Å². The van der Waals surface area contributed by atoms with Crippen molar-refractivity contribution in [1.29, 1.82) is 0 Å². The summed E-state index contributed by atoms with van der Waals surface area (Å²) in [6.07, 6.45) is 8.44. The van der Waals surface area contributed by atoms with Gasteiger partial charge in [-0.2, -0.15) is 9.97 Å². The molecule has 0 amide bonds. The number of piperidine rings is 2. The minimum Gasteiger partial charge on any atom is -0.396 e. The van der Waals surface area contributed by atoms with Gasteiger partial charge in [0.15, 0.2) is 0 Å². The molecule has 0 unspecified atom stereocenters. The van der Waals surface area contributed by atoms with Crippen LogP contribution in [0.5, 0.6) is 0 Å². The largest absolute Gasteiger partial charge is 0.396 e. The van der Waals surface area contributed by atoms with Crippen molar-refractivity contribution in [3.05, 3.63) is 53.9 Å². The van der Waals surface area contributed by atoms with E-state index in [4.69, 9.17) is 15.1 Å². The Morgan fingerprint density at radius 2 is 1.78 bits per heavy atom. The van der Waals surface area contributed by atoms with Crippen molar-refractivity contribution in [1.82, 2.24) is 29.9 Å². The highest BCUT2D eigenvalue weighted by atomic mass is 16.3. The van der Waals surface area contributed by atoms with Crippen molar-refractivity contribution in [3.63, 3.8) is 0 Å². The number of benzene rings is 1. The molecule has 37 heavy (non-hydrogen) atoms. The van der Waals surface area contributed by atoms with E-state index in [0.29, 0.717) is 31.5 Å². The van der Waals surface area contributed by atoms with Crippen LogP contribution in [-0.4, -0.2) is 73.8 Å². The molecule has 5 rings (SSSR count). The maximum Gasteiger partial charge on any atom is 0.226 e. The number of likely N-dealkylation sites (tertiary alicyclic amines) is 1. The second-order valence-electron chi connectivity index (χ2n) is 10.1. The lowest BCUT2D eigenvalue weighted by molar-refractivity contribution is 0.211. The first-order valence-corrected chi connectivity index (χ1v) is 13.7. The maximum absolute atomic E-state index is 9.03. The van der Waals surface area contributed by atoms with E-state index in [9.17, 15) is 0 Å². The molecule has 2 aromatic heterocycles. The molecule has 0 radical (unpaired) electrons. The Morgan fingerprint density at radius 3 is 2.57 bits per heavy atom. The number of rotatable bonds is 11. The number of aliphatic hydroxyl groups excluding tert-OH is 1. The number of aryl methyl sites for hydroxylation is 1. The normalized spacial score (nSPS) is 17.2. The summed E-state index contributed by atoms with van der Waals surface area (Å²) in [7, 11) is 0. The minimum absolute atomic E-state index is 0.145. The number of nitrogens with zero attached hydrogens (tertiary/aromatic N) is 7. The van der Waals surface area contributed by atoms with Gasteiger partial charge in [0.25, 0.3) is 0 Å². The van der Waals surface area contributed by atoms with Crippen LogP contribution in [0.4, 0.5) is 17.6 Å². The van der Waals surface area contributed by atoms with Crippen molar-refractivity contribution < 1.29 is 5.11 Å². The molecule has 0 saturated carbocycles. The van der Waals surface area contributed by atoms with Crippen molar-refractivity contribution in [2.45, 2.75) is 64.2 Å². The molecule has 0 aliphatic carbocycles. The number of aliphatic hydroxyl groups is 1. The van der Waals surface area contributed by atoms with Gasteiger partial charge in [0.2, 0.25) is 5.95 Å². The van der Waals surface area contributed by atoms with Crippen LogP contribution in [0.1, 0.15) is 49.8 Å². The maximum atomic E-state index is 9.03. The monoisotopic (exact) mass is 505 g/mol. The summed E-state index contributed by atoms with van der Waals surface area (Å²) in [4.78, 5) is 14.6. The number of aromatic nitrogens is 5. The van der Waals surface area contributed by atoms with Crippen LogP contribution in [0.2, 0.25) is 0 Å². The quantitative estimate of drug-likeness (QED) is 0.362. The van der Waals surface area contributed by atoms with Gasteiger partial charge in [0, 0.05) is 58.0 Å². The summed E-state index contributed by atoms with van der Waals surface area (Å²) in [5, 5.41) is 24.5. The van der Waals surface area contributed by atoms with Gasteiger partial charge in [-0.05, 0) is 44.1 Å². The fraction of sp³-hybridized carbons (Fsp3) is 0.556. The molecule has 198 valence electrons. The first-order chi connectivity index (χ1) is 18.2. The molecule has 10 nitrogen and oxygen atoms in total. The average molecular weight is 506 g/mol. The van der Waals surface area contributed by atoms with E-state index in [1.54, 1.807) is 4.68 Å². The zero-order chi connectivity index (χ0) is 25.3. The predicted molar refractivity (Wildman–Crippen MR) is 146 cm³/mol. The molecule has 10 heteroatoms. The first kappa shape index (κ1) is 25.4. The number of hydrogen-bond acceptors (Lipinski definition) is 9. The Balaban J connectivity index is 1.21. The Kier molecular flexibility index (Phi) is 8.81. The van der Waals surface area contributed by atoms with E-state index in [0.717, 1.165) is 62.9 Å². The molecule has 4 heterocycles. The second-order valence-corrected chi connectivity index (χ2v) is 10.1. The molecule has 2 aliphatic heterocycles. The third kappa shape index (κ3) is 7.39. The van der Waals surface area contributed by atoms with Crippen LogP contribution in [0.3, 0.4) is 0 Å². The van der Waals surface area contributed by atoms with Crippen LogP contribution < -0.4 is 15.5 Å². The Bertz CT molecular complexity index is 1090. The predicted octanol–water partition coefficient (Wildman–Crippen LogP) is 3.13. The summed E-state index contributed by atoms with van der Waals surface area (Å²) in [6, 6.07) is 13.2. The SMILES string of the molecule is OCCCn1cc(CNc2nc(NC3CCN(Cc4ccccc4)CC3)cc(N3CCCCC3)n2)nn1. The van der Waals surface area contributed by atoms with Gasteiger partial charge in [-0.3, -0.25) is 9.58 Å². The third-order valence-corrected chi connectivity index (χ3v) is 7.14. The van der Waals surface area contributed by atoms with Gasteiger partial charge < -0.3 is 20.6 Å². The molecule has 0 bridgehead atoms. The Labute approximate surface area is 219 Å². The van der Waals surface area contributed by atoms with Crippen LogP contribution in [-0.2, 0) is 19.6 Å². The highest BCUT2D eigenvalue weighted by Crippen LogP contribution is 2.24. The standard InChI is InChI=1S/C27H39N9O/c37-17-7-14-36-21-24(32-33-36)19-28-27-30-25(18-26(31-27)35-12-5-2-6-13-35)29-23-10-15-34(16-11-23)20-22-8-3-1-4-9-22/h1,3-4,8-9,18,21,23,37H,2,5-7,10-17,19-20H2,(H2,28,29,30,31). The third-order valence-electron chi connectivity index (χ3n) is 7.14. The second kappa shape index (κ2) is 12.8. The molecular formula is C27H39N9O. The molecule has 2 aliphatic rings. The van der Waals surface area contributed by atoms with Gasteiger partial charge in [-0.1, -0.05) is 35.5 Å². The van der Waals surface area contributed by atoms with Crippen molar-refractivity contribution in [3.8, 4) is 0 Å². The fourth-order valence-electron chi connectivity index (χ4n) is 5.09. The highest BCUT2D eigenvalue weighted by Gasteiger charge is 2.21. The molecular weight excluding hydrogens is 466 g/mol. The molecule has 2 fully saturated rings. The molecule has 0 spiro atoms. The highest BCUT2D eigenvalue weighted by molar-refractivity contribution is 5.54. The molecule has 1 aromatic carbocycles.